The molecule has 0 aliphatic carbocycles. The van der Waals surface area contributed by atoms with Crippen molar-refractivity contribution in [2.75, 3.05) is 0 Å². The number of alkyl halides is 3. The van der Waals surface area contributed by atoms with Gasteiger partial charge in [0.15, 0.2) is 0 Å². The second kappa shape index (κ2) is 5.47. The van der Waals surface area contributed by atoms with E-state index < -0.39 is 17.6 Å². The van der Waals surface area contributed by atoms with Gasteiger partial charge < -0.3 is 10.5 Å². The molecule has 6 heteroatoms. The molecule has 0 atom stereocenters. The maximum atomic E-state index is 13.0. The molecule has 2 rings (SSSR count). The lowest BCUT2D eigenvalue weighted by molar-refractivity contribution is -0.137. The molecule has 0 aromatic heterocycles. The Bertz CT molecular complexity index is 681. The number of benzene rings is 2. The highest BCUT2D eigenvalue weighted by atomic mass is 19.4. The van der Waals surface area contributed by atoms with Gasteiger partial charge in [0, 0.05) is 5.56 Å². The molecule has 0 amide bonds. The average molecular weight is 294 g/mol. The van der Waals surface area contributed by atoms with Gasteiger partial charge in [-0.3, -0.25) is 5.41 Å². The second-order valence-electron chi connectivity index (χ2n) is 4.54. The number of nitrogen functional groups attached to an aromatic ring is 1. The van der Waals surface area contributed by atoms with Crippen LogP contribution in [0.2, 0.25) is 0 Å². The maximum Gasteiger partial charge on any atom is 0.417 e. The predicted octanol–water partition coefficient (Wildman–Crippen LogP) is 4.09. The van der Waals surface area contributed by atoms with Gasteiger partial charge in [-0.15, -0.1) is 0 Å². The number of rotatable bonds is 3. The van der Waals surface area contributed by atoms with E-state index in [1.165, 1.54) is 6.07 Å². The maximum absolute atomic E-state index is 13.0. The van der Waals surface area contributed by atoms with Crippen molar-refractivity contribution < 1.29 is 17.9 Å². The summed E-state index contributed by atoms with van der Waals surface area (Å²) < 4.78 is 44.4. The third-order valence-corrected chi connectivity index (χ3v) is 2.81. The highest BCUT2D eigenvalue weighted by Crippen LogP contribution is 2.35. The zero-order chi connectivity index (χ0) is 15.6. The van der Waals surface area contributed by atoms with E-state index in [9.17, 15) is 13.2 Å². The summed E-state index contributed by atoms with van der Waals surface area (Å²) in [6, 6.07) is 10.3. The SMILES string of the molecule is Cc1cccc(Oc2ccc(C(=N)N)c(C(F)(F)F)c2)c1. The van der Waals surface area contributed by atoms with Gasteiger partial charge in [0.2, 0.25) is 0 Å². The number of nitrogens with two attached hydrogens (primary N) is 1. The van der Waals surface area contributed by atoms with Gasteiger partial charge in [0.1, 0.15) is 17.3 Å². The van der Waals surface area contributed by atoms with Gasteiger partial charge in [-0.25, -0.2) is 0 Å². The van der Waals surface area contributed by atoms with Crippen molar-refractivity contribution >= 4 is 5.84 Å². The molecule has 0 aliphatic rings. The fraction of sp³-hybridized carbons (Fsp3) is 0.133. The van der Waals surface area contributed by atoms with Crippen LogP contribution in [0.25, 0.3) is 0 Å². The van der Waals surface area contributed by atoms with Gasteiger partial charge in [0.25, 0.3) is 0 Å². The molecule has 110 valence electrons. The van der Waals surface area contributed by atoms with Crippen molar-refractivity contribution in [1.82, 2.24) is 0 Å². The number of ether oxygens (including phenoxy) is 1. The van der Waals surface area contributed by atoms with Crippen molar-refractivity contribution in [3.63, 3.8) is 0 Å². The number of amidine groups is 1. The summed E-state index contributed by atoms with van der Waals surface area (Å²) in [5.41, 5.74) is 4.76. The molecule has 0 radical (unpaired) electrons. The first-order valence-corrected chi connectivity index (χ1v) is 6.07. The molecule has 3 N–H and O–H groups in total. The second-order valence-corrected chi connectivity index (χ2v) is 4.54. The van der Waals surface area contributed by atoms with E-state index in [2.05, 4.69) is 0 Å². The molecule has 0 fully saturated rings. The Kier molecular flexibility index (Phi) is 3.88. The molecule has 0 saturated heterocycles. The highest BCUT2D eigenvalue weighted by Gasteiger charge is 2.34. The monoisotopic (exact) mass is 294 g/mol. The topological polar surface area (TPSA) is 59.1 Å². The van der Waals surface area contributed by atoms with Gasteiger partial charge in [-0.05, 0) is 42.8 Å². The molecule has 0 heterocycles. The van der Waals surface area contributed by atoms with Crippen molar-refractivity contribution in [2.24, 2.45) is 5.73 Å². The normalized spacial score (nSPS) is 11.2. The Morgan fingerprint density at radius 2 is 1.76 bits per heavy atom. The van der Waals surface area contributed by atoms with Crippen LogP contribution in [0.4, 0.5) is 13.2 Å². The third-order valence-electron chi connectivity index (χ3n) is 2.81. The fourth-order valence-corrected chi connectivity index (χ4v) is 1.87. The number of hydrogen-bond acceptors (Lipinski definition) is 2. The Labute approximate surface area is 119 Å². The Balaban J connectivity index is 2.40. The van der Waals surface area contributed by atoms with Crippen LogP contribution in [0.15, 0.2) is 42.5 Å². The lowest BCUT2D eigenvalue weighted by Crippen LogP contribution is -2.18. The fourth-order valence-electron chi connectivity index (χ4n) is 1.87. The molecule has 0 bridgehead atoms. The summed E-state index contributed by atoms with van der Waals surface area (Å²) >= 11 is 0. The molecule has 0 saturated carbocycles. The van der Waals surface area contributed by atoms with E-state index in [1.807, 2.05) is 13.0 Å². The minimum Gasteiger partial charge on any atom is -0.457 e. The minimum absolute atomic E-state index is 0.0397. The Morgan fingerprint density at radius 3 is 2.33 bits per heavy atom. The summed E-state index contributed by atoms with van der Waals surface area (Å²) in [5, 5.41) is 7.21. The van der Waals surface area contributed by atoms with E-state index >= 15 is 0 Å². The number of aryl methyl sites for hydroxylation is 1. The van der Waals surface area contributed by atoms with E-state index in [1.54, 1.807) is 18.2 Å². The average Bonchev–Trinajstić information content (AvgIpc) is 2.37. The summed E-state index contributed by atoms with van der Waals surface area (Å²) in [7, 11) is 0. The number of hydrogen-bond donors (Lipinski definition) is 2. The largest absolute Gasteiger partial charge is 0.457 e. The van der Waals surface area contributed by atoms with Crippen LogP contribution in [-0.2, 0) is 6.18 Å². The number of halogens is 3. The van der Waals surface area contributed by atoms with Gasteiger partial charge in [-0.2, -0.15) is 13.2 Å². The first-order valence-electron chi connectivity index (χ1n) is 6.07. The zero-order valence-electron chi connectivity index (χ0n) is 11.2. The molecule has 0 spiro atoms. The quantitative estimate of drug-likeness (QED) is 0.661. The third kappa shape index (κ3) is 3.53. The zero-order valence-corrected chi connectivity index (χ0v) is 11.2. The van der Waals surface area contributed by atoms with Crippen LogP contribution in [0.5, 0.6) is 11.5 Å². The Morgan fingerprint density at radius 1 is 1.10 bits per heavy atom. The molecular weight excluding hydrogens is 281 g/mol. The van der Waals surface area contributed by atoms with Gasteiger partial charge in [0.05, 0.1) is 5.56 Å². The summed E-state index contributed by atoms with van der Waals surface area (Å²) in [6.07, 6.45) is -4.60. The van der Waals surface area contributed by atoms with E-state index in [0.717, 1.165) is 17.7 Å². The smallest absolute Gasteiger partial charge is 0.417 e. The van der Waals surface area contributed by atoms with Gasteiger partial charge >= 0.3 is 6.18 Å². The van der Waals surface area contributed by atoms with Gasteiger partial charge in [-0.1, -0.05) is 12.1 Å². The van der Waals surface area contributed by atoms with Crippen LogP contribution in [0.1, 0.15) is 16.7 Å². The molecule has 3 nitrogen and oxygen atoms in total. The lowest BCUT2D eigenvalue weighted by Gasteiger charge is -2.14. The van der Waals surface area contributed by atoms with Crippen LogP contribution in [0, 0.1) is 12.3 Å². The van der Waals surface area contributed by atoms with Crippen LogP contribution in [-0.4, -0.2) is 5.84 Å². The number of nitrogens with one attached hydrogen (secondary N) is 1. The molecular formula is C15H13F3N2O. The predicted molar refractivity (Wildman–Crippen MR) is 73.7 cm³/mol. The summed E-state index contributed by atoms with van der Waals surface area (Å²) in [5.74, 6) is -0.152. The van der Waals surface area contributed by atoms with Crippen molar-refractivity contribution in [1.29, 1.82) is 5.41 Å². The van der Waals surface area contributed by atoms with E-state index in [0.29, 0.717) is 5.75 Å². The van der Waals surface area contributed by atoms with E-state index in [-0.39, 0.29) is 11.3 Å². The van der Waals surface area contributed by atoms with Crippen LogP contribution < -0.4 is 10.5 Å². The molecule has 21 heavy (non-hydrogen) atoms. The standard InChI is InChI=1S/C15H13F3N2O/c1-9-3-2-4-10(7-9)21-11-5-6-12(14(19)20)13(8-11)15(16,17)18/h2-8H,1H3,(H3,19,20). The molecule has 2 aromatic carbocycles. The Hall–Kier alpha value is -2.50. The van der Waals surface area contributed by atoms with Crippen molar-refractivity contribution in [2.45, 2.75) is 13.1 Å². The van der Waals surface area contributed by atoms with Crippen LogP contribution in [0.3, 0.4) is 0 Å². The van der Waals surface area contributed by atoms with Crippen molar-refractivity contribution in [3.8, 4) is 11.5 Å². The highest BCUT2D eigenvalue weighted by molar-refractivity contribution is 5.96. The van der Waals surface area contributed by atoms with Crippen molar-refractivity contribution in [3.05, 3.63) is 59.2 Å². The first kappa shape index (κ1) is 14.9. The van der Waals surface area contributed by atoms with E-state index in [4.69, 9.17) is 15.9 Å². The molecule has 2 aromatic rings. The minimum atomic E-state index is -4.60. The first-order chi connectivity index (χ1) is 9.77. The van der Waals surface area contributed by atoms with Crippen LogP contribution >= 0.6 is 0 Å². The molecule has 0 unspecified atom stereocenters. The lowest BCUT2D eigenvalue weighted by atomic mass is 10.1. The molecule has 0 aliphatic heterocycles. The summed E-state index contributed by atoms with van der Waals surface area (Å²) in [6.45, 7) is 1.85. The summed E-state index contributed by atoms with van der Waals surface area (Å²) in [4.78, 5) is 0.